The van der Waals surface area contributed by atoms with Crippen LogP contribution in [0.2, 0.25) is 0 Å². The predicted molar refractivity (Wildman–Crippen MR) is 97.4 cm³/mol. The summed E-state index contributed by atoms with van der Waals surface area (Å²) in [6, 6.07) is 7.35. The minimum absolute atomic E-state index is 0.255. The standard InChI is InChI=1S/C19H15F3N4O3/c1-25-9-8-23-18(25)17(29)12-2-5-14(6-3-12)24-15(27)11-26-10-13(19(20,21)22)4-7-16(26)28/h2-10H,11H2,1H3,(H,24,27). The molecule has 29 heavy (non-hydrogen) atoms. The van der Waals surface area contributed by atoms with Gasteiger partial charge in [0, 0.05) is 43.0 Å². The van der Waals surface area contributed by atoms with Crippen LogP contribution in [-0.2, 0) is 24.6 Å². The third kappa shape index (κ3) is 4.60. The Hall–Kier alpha value is -3.69. The summed E-state index contributed by atoms with van der Waals surface area (Å²) in [7, 11) is 1.69. The van der Waals surface area contributed by atoms with Crippen LogP contribution in [-0.4, -0.2) is 25.8 Å². The predicted octanol–water partition coefficient (Wildman–Crippen LogP) is 2.47. The molecule has 3 aromatic rings. The van der Waals surface area contributed by atoms with Crippen molar-refractivity contribution in [3.63, 3.8) is 0 Å². The Labute approximate surface area is 162 Å². The maximum absolute atomic E-state index is 12.8. The van der Waals surface area contributed by atoms with Gasteiger partial charge in [-0.2, -0.15) is 13.2 Å². The Morgan fingerprint density at radius 3 is 2.38 bits per heavy atom. The number of hydrogen-bond acceptors (Lipinski definition) is 4. The second kappa shape index (κ2) is 7.74. The van der Waals surface area contributed by atoms with Crippen LogP contribution < -0.4 is 10.9 Å². The molecule has 0 spiro atoms. The largest absolute Gasteiger partial charge is 0.417 e. The minimum atomic E-state index is -4.62. The maximum atomic E-state index is 12.8. The van der Waals surface area contributed by atoms with Crippen molar-refractivity contribution in [2.75, 3.05) is 5.32 Å². The molecular formula is C19H15F3N4O3. The first-order valence-electron chi connectivity index (χ1n) is 8.35. The van der Waals surface area contributed by atoms with E-state index in [2.05, 4.69) is 10.3 Å². The molecule has 0 aliphatic rings. The molecule has 1 N–H and O–H groups in total. The molecule has 2 aromatic heterocycles. The Morgan fingerprint density at radius 1 is 1.10 bits per heavy atom. The van der Waals surface area contributed by atoms with Gasteiger partial charge in [-0.15, -0.1) is 0 Å². The molecule has 0 radical (unpaired) electrons. The summed E-state index contributed by atoms with van der Waals surface area (Å²) < 4.78 is 40.5. The second-order valence-electron chi connectivity index (χ2n) is 6.20. The fourth-order valence-corrected chi connectivity index (χ4v) is 2.60. The summed E-state index contributed by atoms with van der Waals surface area (Å²) in [5.74, 6) is -0.730. The molecule has 7 nitrogen and oxygen atoms in total. The topological polar surface area (TPSA) is 86.0 Å². The van der Waals surface area contributed by atoms with Crippen LogP contribution in [0.4, 0.5) is 18.9 Å². The first-order valence-corrected chi connectivity index (χ1v) is 8.35. The molecule has 1 aromatic carbocycles. The first kappa shape index (κ1) is 20.1. The summed E-state index contributed by atoms with van der Waals surface area (Å²) >= 11 is 0. The van der Waals surface area contributed by atoms with Crippen LogP contribution in [0.15, 0.2) is 59.8 Å². The van der Waals surface area contributed by atoms with Crippen LogP contribution in [0.25, 0.3) is 0 Å². The molecule has 0 saturated carbocycles. The number of carbonyl (C=O) groups excluding carboxylic acids is 2. The van der Waals surface area contributed by atoms with E-state index in [1.807, 2.05) is 0 Å². The SMILES string of the molecule is Cn1ccnc1C(=O)c1ccc(NC(=O)Cn2cc(C(F)(F)F)ccc2=O)cc1. The zero-order chi connectivity index (χ0) is 21.2. The van der Waals surface area contributed by atoms with Gasteiger partial charge >= 0.3 is 6.18 Å². The van der Waals surface area contributed by atoms with Crippen molar-refractivity contribution in [3.05, 3.63) is 82.3 Å². The monoisotopic (exact) mass is 404 g/mol. The number of hydrogen-bond donors (Lipinski definition) is 1. The number of amides is 1. The quantitative estimate of drug-likeness (QED) is 0.662. The van der Waals surface area contributed by atoms with E-state index < -0.39 is 29.8 Å². The smallest absolute Gasteiger partial charge is 0.331 e. The summed E-state index contributed by atoms with van der Waals surface area (Å²) in [6.07, 6.45) is -0.896. The zero-order valence-electron chi connectivity index (χ0n) is 15.1. The highest BCUT2D eigenvalue weighted by Gasteiger charge is 2.31. The summed E-state index contributed by atoms with van der Waals surface area (Å²) in [6.45, 7) is -0.587. The average Bonchev–Trinajstić information content (AvgIpc) is 3.08. The molecule has 0 saturated heterocycles. The fourth-order valence-electron chi connectivity index (χ4n) is 2.60. The average molecular weight is 404 g/mol. The number of anilines is 1. The molecule has 0 unspecified atom stereocenters. The first-order chi connectivity index (χ1) is 13.6. The van der Waals surface area contributed by atoms with Crippen molar-refractivity contribution in [3.8, 4) is 0 Å². The van der Waals surface area contributed by atoms with Gasteiger partial charge in [0.25, 0.3) is 5.56 Å². The van der Waals surface area contributed by atoms with Crippen molar-refractivity contribution >= 4 is 17.4 Å². The number of aryl methyl sites for hydroxylation is 1. The number of pyridine rings is 1. The van der Waals surface area contributed by atoms with Gasteiger partial charge in [-0.1, -0.05) is 0 Å². The maximum Gasteiger partial charge on any atom is 0.417 e. The van der Waals surface area contributed by atoms with Crippen LogP contribution in [0.5, 0.6) is 0 Å². The third-order valence-electron chi connectivity index (χ3n) is 4.08. The van der Waals surface area contributed by atoms with Crippen molar-refractivity contribution in [2.45, 2.75) is 12.7 Å². The molecule has 10 heteroatoms. The number of nitrogens with zero attached hydrogens (tertiary/aromatic N) is 3. The molecule has 1 amide bonds. The molecule has 2 heterocycles. The van der Waals surface area contributed by atoms with E-state index in [1.165, 1.54) is 30.5 Å². The van der Waals surface area contributed by atoms with Gasteiger partial charge in [0.2, 0.25) is 11.7 Å². The molecule has 3 rings (SSSR count). The normalized spacial score (nSPS) is 11.3. The highest BCUT2D eigenvalue weighted by molar-refractivity contribution is 6.07. The molecule has 150 valence electrons. The molecule has 0 aliphatic heterocycles. The minimum Gasteiger partial charge on any atom is -0.331 e. The summed E-state index contributed by atoms with van der Waals surface area (Å²) in [4.78, 5) is 40.2. The molecule has 0 fully saturated rings. The Kier molecular flexibility index (Phi) is 5.35. The summed E-state index contributed by atoms with van der Waals surface area (Å²) in [5, 5.41) is 2.48. The lowest BCUT2D eigenvalue weighted by atomic mass is 10.1. The lowest BCUT2D eigenvalue weighted by Gasteiger charge is -2.11. The highest BCUT2D eigenvalue weighted by atomic mass is 19.4. The van der Waals surface area contributed by atoms with Crippen molar-refractivity contribution in [1.29, 1.82) is 0 Å². The van der Waals surface area contributed by atoms with Gasteiger partial charge in [0.15, 0.2) is 5.82 Å². The second-order valence-corrected chi connectivity index (χ2v) is 6.20. The van der Waals surface area contributed by atoms with E-state index in [0.717, 1.165) is 6.07 Å². The lowest BCUT2D eigenvalue weighted by molar-refractivity contribution is -0.138. The van der Waals surface area contributed by atoms with Crippen molar-refractivity contribution in [2.24, 2.45) is 7.05 Å². The third-order valence-corrected chi connectivity index (χ3v) is 4.08. The fraction of sp³-hybridized carbons (Fsp3) is 0.158. The zero-order valence-corrected chi connectivity index (χ0v) is 15.1. The number of aromatic nitrogens is 3. The van der Waals surface area contributed by atoms with E-state index >= 15 is 0 Å². The number of halogens is 3. The van der Waals surface area contributed by atoms with Crippen LogP contribution >= 0.6 is 0 Å². The van der Waals surface area contributed by atoms with Gasteiger partial charge in [-0.25, -0.2) is 4.98 Å². The number of alkyl halides is 3. The highest BCUT2D eigenvalue weighted by Crippen LogP contribution is 2.28. The van der Waals surface area contributed by atoms with Gasteiger partial charge in [0.05, 0.1) is 5.56 Å². The number of nitrogens with one attached hydrogen (secondary N) is 1. The lowest BCUT2D eigenvalue weighted by Crippen LogP contribution is -2.28. The Balaban J connectivity index is 1.70. The van der Waals surface area contributed by atoms with E-state index in [4.69, 9.17) is 0 Å². The van der Waals surface area contributed by atoms with Gasteiger partial charge in [-0.05, 0) is 30.3 Å². The van der Waals surface area contributed by atoms with Crippen molar-refractivity contribution < 1.29 is 22.8 Å². The Morgan fingerprint density at radius 2 is 1.79 bits per heavy atom. The van der Waals surface area contributed by atoms with Gasteiger partial charge in [0.1, 0.15) is 6.54 Å². The molecular weight excluding hydrogens is 389 g/mol. The summed E-state index contributed by atoms with van der Waals surface area (Å²) in [5.41, 5.74) is -1.08. The van der Waals surface area contributed by atoms with Gasteiger partial charge < -0.3 is 14.5 Å². The van der Waals surface area contributed by atoms with E-state index in [-0.39, 0.29) is 11.6 Å². The van der Waals surface area contributed by atoms with E-state index in [0.29, 0.717) is 28.1 Å². The number of ketones is 1. The van der Waals surface area contributed by atoms with Crippen LogP contribution in [0, 0.1) is 0 Å². The molecule has 0 atom stereocenters. The number of benzene rings is 1. The number of imidazole rings is 1. The van der Waals surface area contributed by atoms with Gasteiger partial charge in [-0.3, -0.25) is 14.4 Å². The van der Waals surface area contributed by atoms with E-state index in [1.54, 1.807) is 17.8 Å². The van der Waals surface area contributed by atoms with Crippen LogP contribution in [0.3, 0.4) is 0 Å². The van der Waals surface area contributed by atoms with Crippen LogP contribution in [0.1, 0.15) is 21.7 Å². The Bertz CT molecular complexity index is 1110. The number of rotatable bonds is 5. The van der Waals surface area contributed by atoms with Crippen molar-refractivity contribution in [1.82, 2.24) is 14.1 Å². The molecule has 0 bridgehead atoms. The molecule has 0 aliphatic carbocycles. The number of carbonyl (C=O) groups is 2. The van der Waals surface area contributed by atoms with E-state index in [9.17, 15) is 27.6 Å².